The Morgan fingerprint density at radius 1 is 0.719 bits per heavy atom. The Kier molecular flexibility index (Phi) is 5.25. The van der Waals surface area contributed by atoms with Crippen LogP contribution in [0.2, 0.25) is 0 Å². The molecule has 8 heteroatoms. The van der Waals surface area contributed by atoms with E-state index in [0.717, 1.165) is 5.56 Å². The van der Waals surface area contributed by atoms with Crippen LogP contribution < -0.4 is 0 Å². The Balaban J connectivity index is 1.27. The van der Waals surface area contributed by atoms with E-state index < -0.39 is 0 Å². The first-order valence-electron chi connectivity index (χ1n) is 10.3. The molecule has 0 spiro atoms. The minimum atomic E-state index is -0.158. The van der Waals surface area contributed by atoms with Gasteiger partial charge < -0.3 is 18.6 Å². The molecule has 1 aliphatic rings. The molecular weight excluding hydrogens is 408 g/mol. The van der Waals surface area contributed by atoms with Crippen molar-refractivity contribution in [1.29, 1.82) is 0 Å². The molecule has 1 fully saturated rings. The number of furan rings is 1. The van der Waals surface area contributed by atoms with Crippen molar-refractivity contribution in [2.45, 2.75) is 0 Å². The number of nitrogens with zero attached hydrogens (tertiary/aromatic N) is 4. The molecule has 0 atom stereocenters. The summed E-state index contributed by atoms with van der Waals surface area (Å²) in [5.74, 6) is 0.836. The summed E-state index contributed by atoms with van der Waals surface area (Å²) in [5, 5.41) is 8.25. The summed E-state index contributed by atoms with van der Waals surface area (Å²) in [6, 6.07) is 20.0. The van der Waals surface area contributed by atoms with Crippen LogP contribution in [0, 0.1) is 0 Å². The number of carbonyl (C=O) groups excluding carboxylic acids is 2. The van der Waals surface area contributed by atoms with Gasteiger partial charge in [0.2, 0.25) is 11.8 Å². The molecule has 2 amide bonds. The summed E-state index contributed by atoms with van der Waals surface area (Å²) in [5.41, 5.74) is 2.05. The van der Waals surface area contributed by atoms with Crippen LogP contribution in [-0.4, -0.2) is 58.0 Å². The van der Waals surface area contributed by atoms with Crippen LogP contribution in [0.4, 0.5) is 0 Å². The lowest BCUT2D eigenvalue weighted by atomic mass is 10.1. The third kappa shape index (κ3) is 3.90. The monoisotopic (exact) mass is 428 g/mol. The zero-order valence-corrected chi connectivity index (χ0v) is 17.2. The third-order valence-corrected chi connectivity index (χ3v) is 5.39. The molecule has 8 nitrogen and oxygen atoms in total. The fraction of sp³-hybridized carbons (Fsp3) is 0.167. The number of aromatic nitrogens is 2. The summed E-state index contributed by atoms with van der Waals surface area (Å²) in [7, 11) is 0. The number of piperazine rings is 1. The molecule has 0 bridgehead atoms. The fourth-order valence-corrected chi connectivity index (χ4v) is 3.67. The lowest BCUT2D eigenvalue weighted by molar-refractivity contribution is 0.0518. The van der Waals surface area contributed by atoms with Gasteiger partial charge in [0.25, 0.3) is 11.8 Å². The van der Waals surface area contributed by atoms with Crippen molar-refractivity contribution < 1.29 is 18.4 Å². The van der Waals surface area contributed by atoms with Crippen LogP contribution in [0.5, 0.6) is 0 Å². The lowest BCUT2D eigenvalue weighted by Crippen LogP contribution is -2.50. The molecule has 32 heavy (non-hydrogen) atoms. The van der Waals surface area contributed by atoms with Gasteiger partial charge in [-0.2, -0.15) is 0 Å². The van der Waals surface area contributed by atoms with Crippen LogP contribution in [0.15, 0.2) is 81.8 Å². The number of hydrogen-bond donors (Lipinski definition) is 0. The Bertz CT molecular complexity index is 1230. The molecule has 1 aliphatic heterocycles. The molecule has 0 unspecified atom stereocenters. The Labute approximate surface area is 184 Å². The highest BCUT2D eigenvalue weighted by molar-refractivity contribution is 5.96. The van der Waals surface area contributed by atoms with E-state index >= 15 is 0 Å². The maximum Gasteiger partial charge on any atom is 0.289 e. The van der Waals surface area contributed by atoms with Gasteiger partial charge in [-0.3, -0.25) is 9.59 Å². The molecule has 0 N–H and O–H groups in total. The summed E-state index contributed by atoms with van der Waals surface area (Å²) in [4.78, 5) is 28.9. The first kappa shape index (κ1) is 19.7. The summed E-state index contributed by atoms with van der Waals surface area (Å²) >= 11 is 0. The number of amides is 2. The van der Waals surface area contributed by atoms with Crippen LogP contribution in [-0.2, 0) is 0 Å². The zero-order valence-electron chi connectivity index (χ0n) is 17.2. The second-order valence-electron chi connectivity index (χ2n) is 7.42. The molecule has 5 rings (SSSR count). The van der Waals surface area contributed by atoms with E-state index in [0.29, 0.717) is 54.8 Å². The molecule has 0 aliphatic carbocycles. The normalized spacial score (nSPS) is 13.9. The second kappa shape index (κ2) is 8.50. The molecule has 0 saturated carbocycles. The molecule has 3 heterocycles. The van der Waals surface area contributed by atoms with E-state index in [9.17, 15) is 9.59 Å². The van der Waals surface area contributed by atoms with Crippen LogP contribution in [0.1, 0.15) is 20.9 Å². The average molecular weight is 428 g/mol. The van der Waals surface area contributed by atoms with E-state index in [1.807, 2.05) is 36.4 Å². The molecule has 2 aromatic carbocycles. The van der Waals surface area contributed by atoms with Gasteiger partial charge in [0, 0.05) is 42.9 Å². The Hall–Kier alpha value is -4.20. The number of hydrogen-bond acceptors (Lipinski definition) is 6. The summed E-state index contributed by atoms with van der Waals surface area (Å²) in [6.45, 7) is 1.81. The van der Waals surface area contributed by atoms with Gasteiger partial charge in [-0.1, -0.05) is 24.3 Å². The molecule has 160 valence electrons. The van der Waals surface area contributed by atoms with Gasteiger partial charge in [0.15, 0.2) is 5.76 Å². The SMILES string of the molecule is O=C(c1cccc(-c2nnc(-c3ccccc3)o2)c1)N1CCN(C(=O)c2ccco2)CC1. The lowest BCUT2D eigenvalue weighted by Gasteiger charge is -2.34. The van der Waals surface area contributed by atoms with Crippen LogP contribution in [0.25, 0.3) is 22.9 Å². The smallest absolute Gasteiger partial charge is 0.289 e. The van der Waals surface area contributed by atoms with Gasteiger partial charge in [-0.25, -0.2) is 0 Å². The fourth-order valence-electron chi connectivity index (χ4n) is 3.67. The molecule has 1 saturated heterocycles. The second-order valence-corrected chi connectivity index (χ2v) is 7.42. The van der Waals surface area contributed by atoms with Crippen molar-refractivity contribution in [3.8, 4) is 22.9 Å². The zero-order chi connectivity index (χ0) is 21.9. The molecule has 4 aromatic rings. The van der Waals surface area contributed by atoms with Crippen molar-refractivity contribution in [2.24, 2.45) is 0 Å². The van der Waals surface area contributed by atoms with Crippen molar-refractivity contribution >= 4 is 11.8 Å². The maximum atomic E-state index is 13.1. The average Bonchev–Trinajstić information content (AvgIpc) is 3.57. The number of rotatable bonds is 4. The van der Waals surface area contributed by atoms with E-state index in [1.165, 1.54) is 6.26 Å². The van der Waals surface area contributed by atoms with Gasteiger partial charge in [-0.05, 0) is 42.5 Å². The van der Waals surface area contributed by atoms with Crippen molar-refractivity contribution in [3.63, 3.8) is 0 Å². The minimum absolute atomic E-state index is 0.0975. The number of carbonyl (C=O) groups is 2. The minimum Gasteiger partial charge on any atom is -0.459 e. The predicted octanol–water partition coefficient (Wildman–Crippen LogP) is 3.59. The standard InChI is InChI=1S/C24H20N4O4/c29-23(27-11-13-28(14-12-27)24(30)20-10-5-15-31-20)19-9-4-8-18(16-19)22-26-25-21(32-22)17-6-2-1-3-7-17/h1-10,15-16H,11-14H2. The Morgan fingerprint density at radius 3 is 2.06 bits per heavy atom. The number of benzene rings is 2. The first-order chi connectivity index (χ1) is 15.7. The quantitative estimate of drug-likeness (QED) is 0.493. The van der Waals surface area contributed by atoms with Gasteiger partial charge in [-0.15, -0.1) is 10.2 Å². The molecule has 2 aromatic heterocycles. The van der Waals surface area contributed by atoms with Gasteiger partial charge in [0.1, 0.15) is 0 Å². The van der Waals surface area contributed by atoms with Crippen molar-refractivity contribution in [3.05, 3.63) is 84.3 Å². The summed E-state index contributed by atoms with van der Waals surface area (Å²) in [6.07, 6.45) is 1.48. The van der Waals surface area contributed by atoms with E-state index in [-0.39, 0.29) is 11.8 Å². The van der Waals surface area contributed by atoms with E-state index in [1.54, 1.807) is 40.1 Å². The largest absolute Gasteiger partial charge is 0.459 e. The van der Waals surface area contributed by atoms with E-state index in [4.69, 9.17) is 8.83 Å². The summed E-state index contributed by atoms with van der Waals surface area (Å²) < 4.78 is 11.0. The first-order valence-corrected chi connectivity index (χ1v) is 10.3. The van der Waals surface area contributed by atoms with E-state index in [2.05, 4.69) is 10.2 Å². The highest BCUT2D eigenvalue weighted by Gasteiger charge is 2.27. The molecular formula is C24H20N4O4. The highest BCUT2D eigenvalue weighted by Crippen LogP contribution is 2.25. The topological polar surface area (TPSA) is 92.7 Å². The maximum absolute atomic E-state index is 13.1. The van der Waals surface area contributed by atoms with Gasteiger partial charge in [0.05, 0.1) is 6.26 Å². The van der Waals surface area contributed by atoms with Crippen LogP contribution in [0.3, 0.4) is 0 Å². The van der Waals surface area contributed by atoms with Crippen molar-refractivity contribution in [2.75, 3.05) is 26.2 Å². The predicted molar refractivity (Wildman–Crippen MR) is 116 cm³/mol. The molecule has 0 radical (unpaired) electrons. The van der Waals surface area contributed by atoms with Crippen molar-refractivity contribution in [1.82, 2.24) is 20.0 Å². The Morgan fingerprint density at radius 2 is 1.38 bits per heavy atom. The van der Waals surface area contributed by atoms with Gasteiger partial charge >= 0.3 is 0 Å². The highest BCUT2D eigenvalue weighted by atomic mass is 16.4. The van der Waals surface area contributed by atoms with Crippen LogP contribution >= 0.6 is 0 Å². The third-order valence-electron chi connectivity index (χ3n) is 5.39.